The number of imide groups is 1. The lowest BCUT2D eigenvalue weighted by Gasteiger charge is -2.12. The van der Waals surface area contributed by atoms with Crippen molar-refractivity contribution in [2.24, 2.45) is 0 Å². The molecule has 0 atom stereocenters. The Labute approximate surface area is 214 Å². The van der Waals surface area contributed by atoms with Gasteiger partial charge in [0, 0.05) is 20.6 Å². The van der Waals surface area contributed by atoms with E-state index in [-0.39, 0.29) is 28.1 Å². The summed E-state index contributed by atoms with van der Waals surface area (Å²) in [6.07, 6.45) is 1.48. The van der Waals surface area contributed by atoms with Gasteiger partial charge < -0.3 is 10.1 Å². The van der Waals surface area contributed by atoms with Crippen LogP contribution in [0.2, 0.25) is 25.1 Å². The number of nitrogens with zero attached hydrogens (tertiary/aromatic N) is 1. The number of amides is 3. The fraction of sp³-hybridized carbons (Fsp3) is 0.0435. The molecule has 0 aromatic heterocycles. The van der Waals surface area contributed by atoms with Crippen LogP contribution in [0.1, 0.15) is 11.1 Å². The summed E-state index contributed by atoms with van der Waals surface area (Å²) in [6.45, 7) is 0.125. The minimum Gasteiger partial charge on any atom is -0.486 e. The smallest absolute Gasteiger partial charge is 0.333 e. The summed E-state index contributed by atoms with van der Waals surface area (Å²) in [7, 11) is 0. The van der Waals surface area contributed by atoms with Crippen LogP contribution >= 0.6 is 58.0 Å². The van der Waals surface area contributed by atoms with Gasteiger partial charge >= 0.3 is 6.03 Å². The van der Waals surface area contributed by atoms with E-state index in [2.05, 4.69) is 5.32 Å². The van der Waals surface area contributed by atoms with Crippen molar-refractivity contribution in [1.82, 2.24) is 5.32 Å². The summed E-state index contributed by atoms with van der Waals surface area (Å²) in [5, 5.41) is 4.47. The van der Waals surface area contributed by atoms with Gasteiger partial charge in [-0.05, 0) is 60.2 Å². The van der Waals surface area contributed by atoms with E-state index in [9.17, 15) is 9.59 Å². The molecule has 0 spiro atoms. The standard InChI is InChI=1S/C23H13Cl5N2O3/c24-14-3-5-16(6-4-14)30-22(31)20(29-23(30)32)9-12-7-18(27)21(19(28)8-12)33-11-13-1-2-15(25)10-17(13)26/h1-10H,11H2,(H,29,32)/b20-9+. The monoisotopic (exact) mass is 540 g/mol. The van der Waals surface area contributed by atoms with Crippen LogP contribution in [-0.4, -0.2) is 11.9 Å². The third-order valence-corrected chi connectivity index (χ3v) is 6.08. The minimum absolute atomic E-state index is 0.0729. The van der Waals surface area contributed by atoms with E-state index in [4.69, 9.17) is 62.7 Å². The number of urea groups is 1. The molecular formula is C23H13Cl5N2O3. The molecule has 3 amide bonds. The van der Waals surface area contributed by atoms with E-state index in [1.165, 1.54) is 6.08 Å². The van der Waals surface area contributed by atoms with Gasteiger partial charge in [-0.2, -0.15) is 0 Å². The SMILES string of the molecule is O=C1N/C(=C/c2cc(Cl)c(OCc3ccc(Cl)cc3Cl)c(Cl)c2)C(=O)N1c1ccc(Cl)cc1. The number of anilines is 1. The van der Waals surface area contributed by atoms with Crippen LogP contribution in [0.25, 0.3) is 6.08 Å². The average molecular weight is 543 g/mol. The second-order valence-electron chi connectivity index (χ2n) is 6.94. The van der Waals surface area contributed by atoms with Crippen molar-refractivity contribution < 1.29 is 14.3 Å². The van der Waals surface area contributed by atoms with E-state index in [0.717, 1.165) is 4.90 Å². The van der Waals surface area contributed by atoms with Crippen molar-refractivity contribution >= 4 is 81.7 Å². The lowest BCUT2D eigenvalue weighted by molar-refractivity contribution is -0.113. The molecule has 33 heavy (non-hydrogen) atoms. The van der Waals surface area contributed by atoms with E-state index in [0.29, 0.717) is 31.9 Å². The lowest BCUT2D eigenvalue weighted by Crippen LogP contribution is -2.30. The number of ether oxygens (including phenoxy) is 1. The number of hydrogen-bond acceptors (Lipinski definition) is 3. The number of benzene rings is 3. The second kappa shape index (κ2) is 9.84. The maximum absolute atomic E-state index is 12.8. The zero-order valence-corrected chi connectivity index (χ0v) is 20.3. The lowest BCUT2D eigenvalue weighted by atomic mass is 10.1. The summed E-state index contributed by atoms with van der Waals surface area (Å²) >= 11 is 30.7. The number of nitrogens with one attached hydrogen (secondary N) is 1. The first-order valence-electron chi connectivity index (χ1n) is 9.41. The van der Waals surface area contributed by atoms with Crippen LogP contribution in [-0.2, 0) is 11.4 Å². The highest BCUT2D eigenvalue weighted by molar-refractivity contribution is 6.37. The topological polar surface area (TPSA) is 58.6 Å². The Hall–Kier alpha value is -2.41. The molecule has 1 fully saturated rings. The van der Waals surface area contributed by atoms with Crippen LogP contribution in [0.3, 0.4) is 0 Å². The fourth-order valence-corrected chi connectivity index (χ4v) is 4.32. The molecule has 1 N–H and O–H groups in total. The Bertz CT molecular complexity index is 1270. The molecule has 5 nitrogen and oxygen atoms in total. The molecule has 1 aliphatic heterocycles. The van der Waals surface area contributed by atoms with Gasteiger partial charge in [0.1, 0.15) is 12.3 Å². The maximum atomic E-state index is 12.8. The Morgan fingerprint density at radius 1 is 0.818 bits per heavy atom. The second-order valence-corrected chi connectivity index (χ2v) is 9.04. The molecule has 0 radical (unpaired) electrons. The summed E-state index contributed by atoms with van der Waals surface area (Å²) in [4.78, 5) is 26.2. The van der Waals surface area contributed by atoms with Crippen LogP contribution in [0.4, 0.5) is 10.5 Å². The summed E-state index contributed by atoms with van der Waals surface area (Å²) in [5.41, 5.74) is 1.68. The Kier molecular flexibility index (Phi) is 7.07. The zero-order chi connectivity index (χ0) is 23.7. The molecule has 1 heterocycles. The van der Waals surface area contributed by atoms with E-state index < -0.39 is 11.9 Å². The van der Waals surface area contributed by atoms with Gasteiger partial charge in [-0.3, -0.25) is 4.79 Å². The Balaban J connectivity index is 1.54. The van der Waals surface area contributed by atoms with E-state index >= 15 is 0 Å². The van der Waals surface area contributed by atoms with Crippen LogP contribution in [0.15, 0.2) is 60.3 Å². The molecular weight excluding hydrogens is 530 g/mol. The molecule has 0 unspecified atom stereocenters. The third kappa shape index (κ3) is 5.24. The molecule has 4 rings (SSSR count). The minimum atomic E-state index is -0.578. The third-order valence-electron chi connectivity index (χ3n) is 4.68. The number of carbonyl (C=O) groups is 2. The van der Waals surface area contributed by atoms with Gasteiger partial charge in [-0.25, -0.2) is 9.69 Å². The van der Waals surface area contributed by atoms with Gasteiger partial charge in [-0.1, -0.05) is 64.1 Å². The van der Waals surface area contributed by atoms with Gasteiger partial charge in [0.25, 0.3) is 5.91 Å². The predicted molar refractivity (Wildman–Crippen MR) is 133 cm³/mol. The predicted octanol–water partition coefficient (Wildman–Crippen LogP) is 7.63. The number of halogens is 5. The van der Waals surface area contributed by atoms with Gasteiger partial charge in [0.2, 0.25) is 0 Å². The summed E-state index contributed by atoms with van der Waals surface area (Å²) in [6, 6.07) is 14.0. The Morgan fingerprint density at radius 2 is 1.45 bits per heavy atom. The first-order valence-corrected chi connectivity index (χ1v) is 11.3. The zero-order valence-electron chi connectivity index (χ0n) is 16.5. The highest BCUT2D eigenvalue weighted by atomic mass is 35.5. The van der Waals surface area contributed by atoms with Crippen molar-refractivity contribution in [3.8, 4) is 5.75 Å². The van der Waals surface area contributed by atoms with Gasteiger partial charge in [0.05, 0.1) is 15.7 Å². The highest BCUT2D eigenvalue weighted by Gasteiger charge is 2.34. The molecule has 0 aliphatic carbocycles. The van der Waals surface area contributed by atoms with Gasteiger partial charge in [-0.15, -0.1) is 0 Å². The van der Waals surface area contributed by atoms with E-state index in [1.807, 2.05) is 0 Å². The van der Waals surface area contributed by atoms with Crippen LogP contribution in [0, 0.1) is 0 Å². The molecule has 168 valence electrons. The van der Waals surface area contributed by atoms with E-state index in [1.54, 1.807) is 54.6 Å². The molecule has 3 aromatic carbocycles. The van der Waals surface area contributed by atoms with Crippen LogP contribution < -0.4 is 15.0 Å². The molecule has 1 aliphatic rings. The number of hydrogen-bond donors (Lipinski definition) is 1. The Morgan fingerprint density at radius 3 is 2.09 bits per heavy atom. The first kappa shape index (κ1) is 23.7. The van der Waals surface area contributed by atoms with Crippen molar-refractivity contribution in [1.29, 1.82) is 0 Å². The number of rotatable bonds is 5. The molecule has 0 bridgehead atoms. The normalized spacial score (nSPS) is 14.7. The molecule has 1 saturated heterocycles. The highest BCUT2D eigenvalue weighted by Crippen LogP contribution is 2.36. The van der Waals surface area contributed by atoms with Crippen molar-refractivity contribution in [3.63, 3.8) is 0 Å². The fourth-order valence-electron chi connectivity index (χ4n) is 3.12. The summed E-state index contributed by atoms with van der Waals surface area (Å²) in [5.74, 6) is -0.261. The largest absolute Gasteiger partial charge is 0.486 e. The number of carbonyl (C=O) groups excluding carboxylic acids is 2. The van der Waals surface area contributed by atoms with Crippen LogP contribution in [0.5, 0.6) is 5.75 Å². The van der Waals surface area contributed by atoms with Crippen molar-refractivity contribution in [2.75, 3.05) is 4.90 Å². The molecule has 10 heteroatoms. The molecule has 0 saturated carbocycles. The quantitative estimate of drug-likeness (QED) is 0.266. The van der Waals surface area contributed by atoms with Crippen molar-refractivity contribution in [3.05, 3.63) is 96.5 Å². The van der Waals surface area contributed by atoms with Crippen molar-refractivity contribution in [2.45, 2.75) is 6.61 Å². The first-order chi connectivity index (χ1) is 15.7. The maximum Gasteiger partial charge on any atom is 0.333 e. The van der Waals surface area contributed by atoms with Gasteiger partial charge in [0.15, 0.2) is 5.75 Å². The average Bonchev–Trinajstić information content (AvgIpc) is 3.02. The molecule has 3 aromatic rings. The summed E-state index contributed by atoms with van der Waals surface area (Å²) < 4.78 is 5.75.